The molecule has 2 nitrogen and oxygen atoms in total. The van der Waals surface area contributed by atoms with Crippen LogP contribution in [0.15, 0.2) is 55.1 Å². The minimum absolute atomic E-state index is 0.452. The molecule has 0 bridgehead atoms. The SMILES string of the molecule is C=CCOc1c([Si](C)(C)C)cc(C)cc1[Si](C)(C)C1C=C(N2CCCCC2)c2ccccc21. The zero-order valence-corrected chi connectivity index (χ0v) is 23.5. The lowest BCUT2D eigenvalue weighted by molar-refractivity contribution is 0.326. The number of hydrogen-bond acceptors (Lipinski definition) is 2. The first kappa shape index (κ1) is 24.1. The molecule has 1 saturated heterocycles. The second-order valence-electron chi connectivity index (χ2n) is 11.4. The summed E-state index contributed by atoms with van der Waals surface area (Å²) in [6.45, 7) is 21.5. The van der Waals surface area contributed by atoms with E-state index in [1.807, 2.05) is 6.08 Å². The molecule has 2 aliphatic rings. The van der Waals surface area contributed by atoms with Gasteiger partial charge in [0.15, 0.2) is 0 Å². The highest BCUT2D eigenvalue weighted by Gasteiger charge is 2.42. The van der Waals surface area contributed by atoms with Crippen LogP contribution in [0.1, 0.15) is 41.5 Å². The number of allylic oxidation sites excluding steroid dienone is 1. The van der Waals surface area contributed by atoms with Gasteiger partial charge in [-0.25, -0.2) is 0 Å². The van der Waals surface area contributed by atoms with Gasteiger partial charge in [0.05, 0.1) is 16.1 Å². The minimum Gasteiger partial charge on any atom is -0.490 e. The molecule has 0 saturated carbocycles. The highest BCUT2D eigenvalue weighted by atomic mass is 28.3. The van der Waals surface area contributed by atoms with Crippen molar-refractivity contribution in [1.82, 2.24) is 4.90 Å². The molecular weight excluding hydrogens is 434 g/mol. The van der Waals surface area contributed by atoms with E-state index in [9.17, 15) is 0 Å². The standard InChI is InChI=1S/C29H41NOSi2/c1-8-18-31-29-27(32(3,4)5)19-22(2)20-28(29)33(6,7)26-21-25(30-16-12-9-13-17-30)23-14-10-11-15-24(23)26/h8,10-11,14-15,19-21,26H,1,9,12-13,16-18H2,2-7H3. The second kappa shape index (κ2) is 9.30. The van der Waals surface area contributed by atoms with Gasteiger partial charge < -0.3 is 9.64 Å². The smallest absolute Gasteiger partial charge is 0.118 e. The number of likely N-dealkylation sites (tertiary alicyclic amines) is 1. The number of hydrogen-bond donors (Lipinski definition) is 0. The Hall–Kier alpha value is -2.05. The number of benzene rings is 2. The lowest BCUT2D eigenvalue weighted by Gasteiger charge is -2.34. The highest BCUT2D eigenvalue weighted by molar-refractivity contribution is 6.94. The molecule has 1 fully saturated rings. The summed E-state index contributed by atoms with van der Waals surface area (Å²) in [7, 11) is -3.56. The van der Waals surface area contributed by atoms with Gasteiger partial charge in [-0.05, 0) is 42.1 Å². The maximum atomic E-state index is 6.50. The Bertz CT molecular complexity index is 1060. The molecule has 0 spiro atoms. The number of rotatable bonds is 7. The third kappa shape index (κ3) is 4.65. The summed E-state index contributed by atoms with van der Waals surface area (Å²) in [5.74, 6) is 1.16. The first-order valence-corrected chi connectivity index (χ1v) is 19.2. The van der Waals surface area contributed by atoms with Gasteiger partial charge >= 0.3 is 0 Å². The fourth-order valence-electron chi connectivity index (χ4n) is 5.62. The van der Waals surface area contributed by atoms with Crippen LogP contribution in [-0.4, -0.2) is 40.7 Å². The molecule has 176 valence electrons. The van der Waals surface area contributed by atoms with Crippen LogP contribution in [0.4, 0.5) is 0 Å². The van der Waals surface area contributed by atoms with Gasteiger partial charge in [-0.1, -0.05) is 93.4 Å². The van der Waals surface area contributed by atoms with Gasteiger partial charge in [0, 0.05) is 29.9 Å². The predicted octanol–water partition coefficient (Wildman–Crippen LogP) is 6.18. The van der Waals surface area contributed by atoms with Crippen LogP contribution in [-0.2, 0) is 0 Å². The van der Waals surface area contributed by atoms with Crippen molar-refractivity contribution < 1.29 is 4.74 Å². The molecular formula is C29H41NOSi2. The Morgan fingerprint density at radius 3 is 2.33 bits per heavy atom. The first-order valence-electron chi connectivity index (χ1n) is 12.6. The van der Waals surface area contributed by atoms with Crippen molar-refractivity contribution in [1.29, 1.82) is 0 Å². The summed E-state index contributed by atoms with van der Waals surface area (Å²) in [4.78, 5) is 2.64. The molecule has 2 aromatic carbocycles. The first-order chi connectivity index (χ1) is 15.6. The number of piperidine rings is 1. The Morgan fingerprint density at radius 2 is 1.67 bits per heavy atom. The van der Waals surface area contributed by atoms with Gasteiger partial charge in [0.25, 0.3) is 0 Å². The molecule has 1 unspecified atom stereocenters. The molecule has 0 N–H and O–H groups in total. The molecule has 1 aliphatic carbocycles. The average molecular weight is 476 g/mol. The third-order valence-corrected chi connectivity index (χ3v) is 13.2. The van der Waals surface area contributed by atoms with Crippen molar-refractivity contribution in [3.63, 3.8) is 0 Å². The van der Waals surface area contributed by atoms with Crippen LogP contribution < -0.4 is 15.1 Å². The van der Waals surface area contributed by atoms with Crippen molar-refractivity contribution in [2.75, 3.05) is 19.7 Å². The Balaban J connectivity index is 1.86. The zero-order valence-electron chi connectivity index (χ0n) is 21.5. The van der Waals surface area contributed by atoms with Gasteiger partial charge in [-0.15, -0.1) is 0 Å². The van der Waals surface area contributed by atoms with E-state index >= 15 is 0 Å². The van der Waals surface area contributed by atoms with E-state index in [-0.39, 0.29) is 0 Å². The number of ether oxygens (including phenoxy) is 1. The van der Waals surface area contributed by atoms with Crippen LogP contribution in [0.5, 0.6) is 5.75 Å². The molecule has 33 heavy (non-hydrogen) atoms. The van der Waals surface area contributed by atoms with E-state index < -0.39 is 16.1 Å². The van der Waals surface area contributed by atoms with Gasteiger partial charge in [-0.2, -0.15) is 0 Å². The Labute approximate surface area is 203 Å². The molecule has 0 aromatic heterocycles. The average Bonchev–Trinajstić information content (AvgIpc) is 3.18. The van der Waals surface area contributed by atoms with Crippen LogP contribution in [0, 0.1) is 6.92 Å². The normalized spacial score (nSPS) is 18.7. The molecule has 0 amide bonds. The fourth-order valence-corrected chi connectivity index (χ4v) is 10.6. The summed E-state index contributed by atoms with van der Waals surface area (Å²) >= 11 is 0. The molecule has 4 rings (SSSR count). The summed E-state index contributed by atoms with van der Waals surface area (Å²) < 4.78 is 6.50. The van der Waals surface area contributed by atoms with E-state index in [2.05, 4.69) is 93.6 Å². The molecule has 2 aromatic rings. The quantitative estimate of drug-likeness (QED) is 0.350. The number of fused-ring (bicyclic) bond motifs is 1. The van der Waals surface area contributed by atoms with E-state index in [4.69, 9.17) is 4.74 Å². The van der Waals surface area contributed by atoms with Crippen LogP contribution in [0.25, 0.3) is 5.70 Å². The summed E-state index contributed by atoms with van der Waals surface area (Å²) in [6, 6.07) is 14.0. The van der Waals surface area contributed by atoms with Crippen molar-refractivity contribution in [2.45, 2.75) is 64.5 Å². The maximum Gasteiger partial charge on any atom is 0.118 e. The monoisotopic (exact) mass is 475 g/mol. The largest absolute Gasteiger partial charge is 0.490 e. The van der Waals surface area contributed by atoms with Gasteiger partial charge in [0.1, 0.15) is 12.4 Å². The topological polar surface area (TPSA) is 12.5 Å². The van der Waals surface area contributed by atoms with E-state index in [1.54, 1.807) is 0 Å². The Morgan fingerprint density at radius 1 is 1.00 bits per heavy atom. The van der Waals surface area contributed by atoms with Gasteiger partial charge in [0.2, 0.25) is 0 Å². The van der Waals surface area contributed by atoms with Crippen LogP contribution in [0.3, 0.4) is 0 Å². The van der Waals surface area contributed by atoms with Crippen molar-refractivity contribution >= 4 is 32.2 Å². The minimum atomic E-state index is -1.98. The van der Waals surface area contributed by atoms with E-state index in [0.29, 0.717) is 12.1 Å². The Kier molecular flexibility index (Phi) is 6.79. The molecule has 0 radical (unpaired) electrons. The summed E-state index contributed by atoms with van der Waals surface area (Å²) in [5, 5.41) is 2.92. The van der Waals surface area contributed by atoms with E-state index in [0.717, 1.165) is 5.75 Å². The van der Waals surface area contributed by atoms with E-state index in [1.165, 1.54) is 65.1 Å². The predicted molar refractivity (Wildman–Crippen MR) is 150 cm³/mol. The van der Waals surface area contributed by atoms with Crippen LogP contribution in [0.2, 0.25) is 32.7 Å². The number of aryl methyl sites for hydroxylation is 1. The van der Waals surface area contributed by atoms with Crippen LogP contribution >= 0.6 is 0 Å². The molecule has 1 atom stereocenters. The molecule has 4 heteroatoms. The molecule has 1 aliphatic heterocycles. The molecule has 1 heterocycles. The fraction of sp³-hybridized carbons (Fsp3) is 0.448. The number of nitrogens with zero attached hydrogens (tertiary/aromatic N) is 1. The van der Waals surface area contributed by atoms with Crippen molar-refractivity contribution in [3.05, 3.63) is 71.8 Å². The highest BCUT2D eigenvalue weighted by Crippen LogP contribution is 2.43. The lowest BCUT2D eigenvalue weighted by Crippen LogP contribution is -2.51. The lowest BCUT2D eigenvalue weighted by atomic mass is 10.1. The summed E-state index contributed by atoms with van der Waals surface area (Å²) in [5.41, 5.74) is 6.26. The third-order valence-electron chi connectivity index (χ3n) is 7.45. The van der Waals surface area contributed by atoms with Crippen molar-refractivity contribution in [2.24, 2.45) is 0 Å². The zero-order chi connectivity index (χ0) is 23.8. The summed E-state index contributed by atoms with van der Waals surface area (Å²) in [6.07, 6.45) is 8.48. The maximum absolute atomic E-state index is 6.50. The second-order valence-corrected chi connectivity index (χ2v) is 21.1. The van der Waals surface area contributed by atoms with Crippen molar-refractivity contribution in [3.8, 4) is 5.75 Å². The van der Waals surface area contributed by atoms with Gasteiger partial charge in [-0.3, -0.25) is 0 Å².